The van der Waals surface area contributed by atoms with Gasteiger partial charge in [0.1, 0.15) is 11.5 Å². The lowest BCUT2D eigenvalue weighted by Gasteiger charge is -2.21. The number of esters is 2. The second-order valence-electron chi connectivity index (χ2n) is 6.87. The number of carbonyl (C=O) groups excluding carboxylic acids is 2. The summed E-state index contributed by atoms with van der Waals surface area (Å²) in [7, 11) is 0. The second-order valence-corrected chi connectivity index (χ2v) is 6.87. The molecule has 2 aromatic carbocycles. The van der Waals surface area contributed by atoms with E-state index in [1.54, 1.807) is 38.1 Å². The van der Waals surface area contributed by atoms with Crippen molar-refractivity contribution in [3.63, 3.8) is 0 Å². The van der Waals surface area contributed by atoms with Gasteiger partial charge in [0.25, 0.3) is 0 Å². The normalized spacial score (nSPS) is 11.0. The third-order valence-corrected chi connectivity index (χ3v) is 3.99. The Labute approximate surface area is 148 Å². The number of benzene rings is 2. The van der Waals surface area contributed by atoms with Gasteiger partial charge in [0, 0.05) is 6.42 Å². The van der Waals surface area contributed by atoms with E-state index in [2.05, 4.69) is 0 Å². The Hall–Kier alpha value is -2.62. The van der Waals surface area contributed by atoms with E-state index in [-0.39, 0.29) is 18.4 Å². The Kier molecular flexibility index (Phi) is 5.97. The molecular weight excluding hydrogens is 316 g/mol. The average Bonchev–Trinajstić information content (AvgIpc) is 2.57. The first-order valence-electron chi connectivity index (χ1n) is 8.32. The predicted molar refractivity (Wildman–Crippen MR) is 96.6 cm³/mol. The van der Waals surface area contributed by atoms with Crippen molar-refractivity contribution in [3.8, 4) is 11.5 Å². The zero-order valence-corrected chi connectivity index (χ0v) is 15.2. The molecule has 0 radical (unpaired) electrons. The maximum absolute atomic E-state index is 12.4. The van der Waals surface area contributed by atoms with E-state index in [4.69, 9.17) is 9.47 Å². The highest BCUT2D eigenvalue weighted by molar-refractivity contribution is 5.79. The van der Waals surface area contributed by atoms with Crippen LogP contribution in [0, 0.1) is 19.3 Å². The van der Waals surface area contributed by atoms with Gasteiger partial charge in [-0.25, -0.2) is 0 Å². The molecule has 0 heterocycles. The van der Waals surface area contributed by atoms with Crippen LogP contribution in [0.3, 0.4) is 0 Å². The van der Waals surface area contributed by atoms with Crippen LogP contribution in [0.4, 0.5) is 0 Å². The zero-order chi connectivity index (χ0) is 18.4. The maximum atomic E-state index is 12.4. The molecule has 0 unspecified atom stereocenters. The Morgan fingerprint density at radius 2 is 1.24 bits per heavy atom. The molecule has 25 heavy (non-hydrogen) atoms. The minimum Gasteiger partial charge on any atom is -0.427 e. The largest absolute Gasteiger partial charge is 0.427 e. The molecule has 0 amide bonds. The lowest BCUT2D eigenvalue weighted by atomic mass is 9.88. The van der Waals surface area contributed by atoms with Crippen LogP contribution < -0.4 is 9.47 Å². The molecule has 2 aromatic rings. The summed E-state index contributed by atoms with van der Waals surface area (Å²) in [4.78, 5) is 24.3. The van der Waals surface area contributed by atoms with Crippen molar-refractivity contribution >= 4 is 11.9 Å². The van der Waals surface area contributed by atoms with E-state index in [1.807, 2.05) is 38.1 Å². The van der Waals surface area contributed by atoms with E-state index in [0.29, 0.717) is 17.9 Å². The van der Waals surface area contributed by atoms with Crippen molar-refractivity contribution in [2.75, 3.05) is 0 Å². The molecule has 4 heteroatoms. The summed E-state index contributed by atoms with van der Waals surface area (Å²) in [5.41, 5.74) is 1.41. The molecule has 2 rings (SSSR count). The molecule has 0 N–H and O–H groups in total. The van der Waals surface area contributed by atoms with Gasteiger partial charge in [-0.1, -0.05) is 35.4 Å². The van der Waals surface area contributed by atoms with Crippen molar-refractivity contribution in [2.24, 2.45) is 5.41 Å². The summed E-state index contributed by atoms with van der Waals surface area (Å²) in [6.07, 6.45) is 0.492. The lowest BCUT2D eigenvalue weighted by Crippen LogP contribution is -2.30. The molecule has 0 aliphatic rings. The van der Waals surface area contributed by atoms with Gasteiger partial charge in [0.2, 0.25) is 0 Å². The predicted octanol–water partition coefficient (Wildman–Crippen LogP) is 4.62. The van der Waals surface area contributed by atoms with Crippen LogP contribution >= 0.6 is 0 Å². The Bertz CT molecular complexity index is 727. The standard InChI is InChI=1S/C21H24O4/c1-15-5-9-17(10-6-15)24-19(22)13-14-21(3,4)20(23)25-18-11-7-16(2)8-12-18/h5-12H,13-14H2,1-4H3. The molecule has 0 saturated carbocycles. The van der Waals surface area contributed by atoms with Gasteiger partial charge in [-0.2, -0.15) is 0 Å². The second kappa shape index (κ2) is 7.97. The number of ether oxygens (including phenoxy) is 2. The molecule has 0 spiro atoms. The van der Waals surface area contributed by atoms with Crippen molar-refractivity contribution in [3.05, 3.63) is 59.7 Å². The zero-order valence-electron chi connectivity index (χ0n) is 15.2. The molecule has 0 saturated heterocycles. The smallest absolute Gasteiger partial charge is 0.316 e. The highest BCUT2D eigenvalue weighted by Gasteiger charge is 2.30. The van der Waals surface area contributed by atoms with Crippen molar-refractivity contribution in [1.82, 2.24) is 0 Å². The molecule has 0 fully saturated rings. The van der Waals surface area contributed by atoms with Gasteiger partial charge in [-0.3, -0.25) is 9.59 Å². The Morgan fingerprint density at radius 1 is 0.800 bits per heavy atom. The molecular formula is C21H24O4. The summed E-state index contributed by atoms with van der Waals surface area (Å²) in [6, 6.07) is 14.6. The summed E-state index contributed by atoms with van der Waals surface area (Å²) >= 11 is 0. The van der Waals surface area contributed by atoms with Gasteiger partial charge >= 0.3 is 11.9 Å². The highest BCUT2D eigenvalue weighted by atomic mass is 16.5. The van der Waals surface area contributed by atoms with Crippen LogP contribution in [-0.4, -0.2) is 11.9 Å². The van der Waals surface area contributed by atoms with Crippen molar-refractivity contribution in [1.29, 1.82) is 0 Å². The van der Waals surface area contributed by atoms with Crippen LogP contribution in [-0.2, 0) is 9.59 Å². The molecule has 0 aromatic heterocycles. The van der Waals surface area contributed by atoms with Gasteiger partial charge < -0.3 is 9.47 Å². The van der Waals surface area contributed by atoms with Gasteiger partial charge in [0.05, 0.1) is 5.41 Å². The van der Waals surface area contributed by atoms with Gasteiger partial charge in [0.15, 0.2) is 0 Å². The summed E-state index contributed by atoms with van der Waals surface area (Å²) in [5.74, 6) is 0.293. The third kappa shape index (κ3) is 5.75. The summed E-state index contributed by atoms with van der Waals surface area (Å²) < 4.78 is 10.7. The van der Waals surface area contributed by atoms with E-state index >= 15 is 0 Å². The number of carbonyl (C=O) groups is 2. The maximum Gasteiger partial charge on any atom is 0.316 e. The van der Waals surface area contributed by atoms with Crippen LogP contribution in [0.25, 0.3) is 0 Å². The van der Waals surface area contributed by atoms with Crippen LogP contribution in [0.5, 0.6) is 11.5 Å². The van der Waals surface area contributed by atoms with E-state index in [0.717, 1.165) is 11.1 Å². The van der Waals surface area contributed by atoms with Crippen molar-refractivity contribution in [2.45, 2.75) is 40.5 Å². The van der Waals surface area contributed by atoms with E-state index in [9.17, 15) is 9.59 Å². The monoisotopic (exact) mass is 340 g/mol. The molecule has 0 bridgehead atoms. The van der Waals surface area contributed by atoms with E-state index < -0.39 is 5.41 Å². The van der Waals surface area contributed by atoms with Crippen molar-refractivity contribution < 1.29 is 19.1 Å². The van der Waals surface area contributed by atoms with Gasteiger partial charge in [-0.15, -0.1) is 0 Å². The fraction of sp³-hybridized carbons (Fsp3) is 0.333. The van der Waals surface area contributed by atoms with Crippen LogP contribution in [0.2, 0.25) is 0 Å². The van der Waals surface area contributed by atoms with Gasteiger partial charge in [-0.05, 0) is 58.4 Å². The highest BCUT2D eigenvalue weighted by Crippen LogP contribution is 2.26. The number of hydrogen-bond donors (Lipinski definition) is 0. The fourth-order valence-electron chi connectivity index (χ4n) is 2.16. The first kappa shape index (κ1) is 18.7. The van der Waals surface area contributed by atoms with Crippen LogP contribution in [0.1, 0.15) is 37.8 Å². The quantitative estimate of drug-likeness (QED) is 0.569. The minimum atomic E-state index is -0.781. The third-order valence-electron chi connectivity index (χ3n) is 3.99. The SMILES string of the molecule is Cc1ccc(OC(=O)CCC(C)(C)C(=O)Oc2ccc(C)cc2)cc1. The average molecular weight is 340 g/mol. The lowest BCUT2D eigenvalue weighted by molar-refractivity contribution is -0.145. The molecule has 0 aliphatic carbocycles. The molecule has 0 atom stereocenters. The van der Waals surface area contributed by atoms with E-state index in [1.165, 1.54) is 0 Å². The number of aryl methyl sites for hydroxylation is 2. The molecule has 0 aliphatic heterocycles. The number of hydrogen-bond acceptors (Lipinski definition) is 4. The van der Waals surface area contributed by atoms with Crippen LogP contribution in [0.15, 0.2) is 48.5 Å². The summed E-state index contributed by atoms with van der Waals surface area (Å²) in [6.45, 7) is 7.47. The first-order valence-corrected chi connectivity index (χ1v) is 8.32. The Balaban J connectivity index is 1.86. The summed E-state index contributed by atoms with van der Waals surface area (Å²) in [5, 5.41) is 0. The topological polar surface area (TPSA) is 52.6 Å². The fourth-order valence-corrected chi connectivity index (χ4v) is 2.16. The minimum absolute atomic E-state index is 0.143. The molecule has 4 nitrogen and oxygen atoms in total. The number of rotatable bonds is 6. The Morgan fingerprint density at radius 3 is 1.72 bits per heavy atom. The molecule has 132 valence electrons. The first-order chi connectivity index (χ1) is 11.8.